The molecule has 0 bridgehead atoms. The van der Waals surface area contributed by atoms with E-state index in [0.29, 0.717) is 6.17 Å². The van der Waals surface area contributed by atoms with Gasteiger partial charge in [-0.1, -0.05) is 18.2 Å². The number of hydrogen-bond donors (Lipinski definition) is 0. The van der Waals surface area contributed by atoms with Crippen molar-refractivity contribution in [2.24, 2.45) is 0 Å². The Morgan fingerprint density at radius 2 is 2.00 bits per heavy atom. The number of benzene rings is 1. The molecule has 1 unspecified atom stereocenters. The summed E-state index contributed by atoms with van der Waals surface area (Å²) >= 11 is 0. The Bertz CT molecular complexity index is 307. The quantitative estimate of drug-likeness (QED) is 0.641. The zero-order valence-electron chi connectivity index (χ0n) is 8.49. The van der Waals surface area contributed by atoms with Crippen molar-refractivity contribution in [1.82, 2.24) is 4.90 Å². The highest BCUT2D eigenvalue weighted by Crippen LogP contribution is 2.30. The van der Waals surface area contributed by atoms with Gasteiger partial charge in [-0.3, -0.25) is 4.90 Å². The molecule has 0 saturated heterocycles. The number of hydrogen-bond acceptors (Lipinski definition) is 2. The number of fused-ring (bicyclic) bond motifs is 1. The van der Waals surface area contributed by atoms with Gasteiger partial charge in [0.05, 0.1) is 6.17 Å². The van der Waals surface area contributed by atoms with Crippen molar-refractivity contribution in [3.8, 4) is 0 Å². The molecule has 1 aliphatic heterocycles. The van der Waals surface area contributed by atoms with E-state index in [1.165, 1.54) is 11.3 Å². The lowest BCUT2D eigenvalue weighted by molar-refractivity contribution is 0.300. The van der Waals surface area contributed by atoms with Crippen LogP contribution in [0, 0.1) is 0 Å². The Morgan fingerprint density at radius 3 is 2.62 bits per heavy atom. The smallest absolute Gasteiger partial charge is 0.0854 e. The first-order valence-corrected chi connectivity index (χ1v) is 4.67. The minimum absolute atomic E-state index is 0.525. The Hall–Kier alpha value is -1.02. The van der Waals surface area contributed by atoms with Crippen LogP contribution >= 0.6 is 0 Å². The first kappa shape index (κ1) is 8.57. The molecule has 2 nitrogen and oxygen atoms in total. The summed E-state index contributed by atoms with van der Waals surface area (Å²) in [5.74, 6) is 0. The third-order valence-corrected chi connectivity index (χ3v) is 2.82. The number of para-hydroxylation sites is 1. The molecule has 0 fully saturated rings. The molecule has 0 aromatic heterocycles. The van der Waals surface area contributed by atoms with E-state index in [2.05, 4.69) is 55.2 Å². The fourth-order valence-electron chi connectivity index (χ4n) is 2.05. The summed E-state index contributed by atoms with van der Waals surface area (Å²) in [6.45, 7) is 0. The summed E-state index contributed by atoms with van der Waals surface area (Å²) in [6, 6.07) is 8.63. The second-order valence-electron chi connectivity index (χ2n) is 3.89. The van der Waals surface area contributed by atoms with Crippen LogP contribution in [0.5, 0.6) is 0 Å². The summed E-state index contributed by atoms with van der Waals surface area (Å²) in [7, 11) is 6.43. The molecule has 2 rings (SSSR count). The fourth-order valence-corrected chi connectivity index (χ4v) is 2.05. The standard InChI is InChI=1S/C11H16N2/c1-12(2)11-8-9-6-4-5-7-10(9)13(11)3/h4-7,11H,8H2,1-3H3. The van der Waals surface area contributed by atoms with Gasteiger partial charge in [-0.2, -0.15) is 0 Å². The van der Waals surface area contributed by atoms with Crippen LogP contribution in [0.15, 0.2) is 24.3 Å². The third kappa shape index (κ3) is 1.31. The SMILES string of the molecule is CN(C)C1Cc2ccccc2N1C. The van der Waals surface area contributed by atoms with Gasteiger partial charge >= 0.3 is 0 Å². The van der Waals surface area contributed by atoms with Crippen LogP contribution in [-0.2, 0) is 6.42 Å². The third-order valence-electron chi connectivity index (χ3n) is 2.82. The van der Waals surface area contributed by atoms with E-state index in [1.54, 1.807) is 0 Å². The normalized spacial score (nSPS) is 20.9. The van der Waals surface area contributed by atoms with E-state index < -0.39 is 0 Å². The molecular formula is C11H16N2. The minimum atomic E-state index is 0.525. The first-order valence-electron chi connectivity index (χ1n) is 4.67. The maximum Gasteiger partial charge on any atom is 0.0854 e. The number of likely N-dealkylation sites (N-methyl/N-ethyl adjacent to an activating group) is 2. The van der Waals surface area contributed by atoms with Crippen LogP contribution in [-0.4, -0.2) is 32.2 Å². The van der Waals surface area contributed by atoms with Gasteiger partial charge in [0.2, 0.25) is 0 Å². The lowest BCUT2D eigenvalue weighted by atomic mass is 10.1. The Kier molecular flexibility index (Phi) is 2.00. The molecule has 1 atom stereocenters. The topological polar surface area (TPSA) is 6.48 Å². The van der Waals surface area contributed by atoms with Gasteiger partial charge < -0.3 is 4.90 Å². The summed E-state index contributed by atoms with van der Waals surface area (Å²) in [5.41, 5.74) is 2.84. The summed E-state index contributed by atoms with van der Waals surface area (Å²) in [5, 5.41) is 0. The summed E-state index contributed by atoms with van der Waals surface area (Å²) in [4.78, 5) is 4.61. The predicted molar refractivity (Wildman–Crippen MR) is 56.0 cm³/mol. The monoisotopic (exact) mass is 176 g/mol. The molecule has 0 N–H and O–H groups in total. The van der Waals surface area contributed by atoms with Gasteiger partial charge in [-0.05, 0) is 25.7 Å². The van der Waals surface area contributed by atoms with Crippen LogP contribution in [0.25, 0.3) is 0 Å². The van der Waals surface area contributed by atoms with Crippen LogP contribution < -0.4 is 4.90 Å². The Balaban J connectivity index is 2.32. The van der Waals surface area contributed by atoms with E-state index in [9.17, 15) is 0 Å². The molecule has 1 aliphatic rings. The molecule has 2 heteroatoms. The molecule has 13 heavy (non-hydrogen) atoms. The molecule has 0 radical (unpaired) electrons. The molecule has 0 amide bonds. The molecule has 1 aromatic rings. The zero-order chi connectivity index (χ0) is 9.42. The average Bonchev–Trinajstić information content (AvgIpc) is 2.45. The largest absolute Gasteiger partial charge is 0.358 e. The highest BCUT2D eigenvalue weighted by Gasteiger charge is 2.26. The lowest BCUT2D eigenvalue weighted by Gasteiger charge is -2.28. The number of rotatable bonds is 1. The molecule has 1 aromatic carbocycles. The minimum Gasteiger partial charge on any atom is -0.358 e. The van der Waals surface area contributed by atoms with Crippen molar-refractivity contribution in [3.05, 3.63) is 29.8 Å². The van der Waals surface area contributed by atoms with Crippen molar-refractivity contribution in [3.63, 3.8) is 0 Å². The fraction of sp³-hybridized carbons (Fsp3) is 0.455. The van der Waals surface area contributed by atoms with Gasteiger partial charge in [-0.15, -0.1) is 0 Å². The van der Waals surface area contributed by atoms with Crippen LogP contribution in [0.3, 0.4) is 0 Å². The van der Waals surface area contributed by atoms with Crippen molar-refractivity contribution in [1.29, 1.82) is 0 Å². The second-order valence-corrected chi connectivity index (χ2v) is 3.89. The first-order chi connectivity index (χ1) is 6.20. The van der Waals surface area contributed by atoms with Gasteiger partial charge in [0.1, 0.15) is 0 Å². The van der Waals surface area contributed by atoms with Crippen molar-refractivity contribution in [2.45, 2.75) is 12.6 Å². The van der Waals surface area contributed by atoms with Gasteiger partial charge in [-0.25, -0.2) is 0 Å². The molecule has 0 aliphatic carbocycles. The summed E-state index contributed by atoms with van der Waals surface area (Å²) in [6.07, 6.45) is 1.66. The van der Waals surface area contributed by atoms with E-state index in [1.807, 2.05) is 0 Å². The predicted octanol–water partition coefficient (Wildman–Crippen LogP) is 1.57. The zero-order valence-corrected chi connectivity index (χ0v) is 8.49. The molecular weight excluding hydrogens is 160 g/mol. The van der Waals surface area contributed by atoms with Crippen molar-refractivity contribution >= 4 is 5.69 Å². The Labute approximate surface area is 79.8 Å². The van der Waals surface area contributed by atoms with E-state index in [0.717, 1.165) is 6.42 Å². The highest BCUT2D eigenvalue weighted by molar-refractivity contribution is 5.58. The van der Waals surface area contributed by atoms with Crippen LogP contribution in [0.1, 0.15) is 5.56 Å². The maximum atomic E-state index is 2.34. The molecule has 0 saturated carbocycles. The maximum absolute atomic E-state index is 2.34. The van der Waals surface area contributed by atoms with E-state index in [4.69, 9.17) is 0 Å². The van der Waals surface area contributed by atoms with E-state index in [-0.39, 0.29) is 0 Å². The average molecular weight is 176 g/mol. The van der Waals surface area contributed by atoms with Crippen molar-refractivity contribution in [2.75, 3.05) is 26.0 Å². The number of nitrogens with zero attached hydrogens (tertiary/aromatic N) is 2. The molecule has 70 valence electrons. The van der Waals surface area contributed by atoms with Gasteiger partial charge in [0.25, 0.3) is 0 Å². The van der Waals surface area contributed by atoms with Crippen molar-refractivity contribution < 1.29 is 0 Å². The van der Waals surface area contributed by atoms with Gasteiger partial charge in [0, 0.05) is 19.2 Å². The highest BCUT2D eigenvalue weighted by atomic mass is 15.3. The lowest BCUT2D eigenvalue weighted by Crippen LogP contribution is -2.40. The van der Waals surface area contributed by atoms with Gasteiger partial charge in [0.15, 0.2) is 0 Å². The molecule has 1 heterocycles. The van der Waals surface area contributed by atoms with Crippen LogP contribution in [0.4, 0.5) is 5.69 Å². The summed E-state index contributed by atoms with van der Waals surface area (Å²) < 4.78 is 0. The van der Waals surface area contributed by atoms with Crippen LogP contribution in [0.2, 0.25) is 0 Å². The Morgan fingerprint density at radius 1 is 1.31 bits per heavy atom. The van der Waals surface area contributed by atoms with E-state index >= 15 is 0 Å². The molecule has 0 spiro atoms. The number of anilines is 1. The second kappa shape index (κ2) is 3.04.